The highest BCUT2D eigenvalue weighted by molar-refractivity contribution is 6.27. The molecule has 0 atom stereocenters. The summed E-state index contributed by atoms with van der Waals surface area (Å²) in [5.41, 5.74) is -0.593. The molecule has 1 fully saturated rings. The van der Waals surface area contributed by atoms with Gasteiger partial charge in [0.05, 0.1) is 6.07 Å². The van der Waals surface area contributed by atoms with Crippen LogP contribution in [0.5, 0.6) is 0 Å². The highest BCUT2D eigenvalue weighted by atomic mass is 35.5. The maximum atomic E-state index is 11.4. The maximum Gasteiger partial charge on any atom is 0.238 e. The van der Waals surface area contributed by atoms with Gasteiger partial charge in [-0.05, 0) is 12.8 Å². The Morgan fingerprint density at radius 1 is 1.50 bits per heavy atom. The van der Waals surface area contributed by atoms with Gasteiger partial charge in [0.25, 0.3) is 0 Å². The predicted octanol–water partition coefficient (Wildman–Crippen LogP) is 1.91. The van der Waals surface area contributed by atoms with Crippen LogP contribution in [-0.2, 0) is 4.79 Å². The molecule has 1 amide bonds. The minimum absolute atomic E-state index is 0.0417. The van der Waals surface area contributed by atoms with Crippen LogP contribution in [0.4, 0.5) is 0 Å². The summed E-state index contributed by atoms with van der Waals surface area (Å²) >= 11 is 5.48. The average molecular weight is 215 g/mol. The highest BCUT2D eigenvalue weighted by Crippen LogP contribution is 2.32. The second kappa shape index (κ2) is 4.65. The fourth-order valence-electron chi connectivity index (χ4n) is 1.99. The fraction of sp³-hybridized carbons (Fsp3) is 0.800. The lowest BCUT2D eigenvalue weighted by atomic mass is 9.81. The number of halogens is 1. The number of nitrogens with zero attached hydrogens (tertiary/aromatic N) is 2. The monoisotopic (exact) mass is 214 g/mol. The summed E-state index contributed by atoms with van der Waals surface area (Å²) in [6.07, 6.45) is 4.76. The molecule has 0 spiro atoms. The van der Waals surface area contributed by atoms with Crippen LogP contribution in [0.25, 0.3) is 0 Å². The van der Waals surface area contributed by atoms with Gasteiger partial charge in [0.15, 0.2) is 0 Å². The molecule has 0 bridgehead atoms. The molecule has 1 aliphatic rings. The molecule has 0 radical (unpaired) electrons. The van der Waals surface area contributed by atoms with E-state index < -0.39 is 5.54 Å². The summed E-state index contributed by atoms with van der Waals surface area (Å²) in [7, 11) is 1.68. The molecule has 0 N–H and O–H groups in total. The van der Waals surface area contributed by atoms with Crippen molar-refractivity contribution < 1.29 is 4.79 Å². The summed E-state index contributed by atoms with van der Waals surface area (Å²) in [5.74, 6) is -0.199. The topological polar surface area (TPSA) is 44.1 Å². The summed E-state index contributed by atoms with van der Waals surface area (Å²) < 4.78 is 0. The third-order valence-corrected chi connectivity index (χ3v) is 3.25. The molecule has 1 aliphatic carbocycles. The Hall–Kier alpha value is -0.750. The van der Waals surface area contributed by atoms with Gasteiger partial charge in [-0.1, -0.05) is 19.3 Å². The van der Waals surface area contributed by atoms with Crippen molar-refractivity contribution in [2.75, 3.05) is 12.9 Å². The largest absolute Gasteiger partial charge is 0.326 e. The predicted molar refractivity (Wildman–Crippen MR) is 54.9 cm³/mol. The van der Waals surface area contributed by atoms with Crippen LogP contribution >= 0.6 is 11.6 Å². The van der Waals surface area contributed by atoms with E-state index in [-0.39, 0.29) is 11.8 Å². The number of nitriles is 1. The Morgan fingerprint density at radius 3 is 2.50 bits per heavy atom. The third kappa shape index (κ3) is 2.01. The smallest absolute Gasteiger partial charge is 0.238 e. The maximum absolute atomic E-state index is 11.4. The minimum Gasteiger partial charge on any atom is -0.326 e. The standard InChI is InChI=1S/C10H15ClN2O/c1-13(9(14)7-11)10(8-12)5-3-2-4-6-10/h2-7H2,1H3. The highest BCUT2D eigenvalue weighted by Gasteiger charge is 2.38. The molecule has 0 aliphatic heterocycles. The molecular formula is C10H15ClN2O. The molecule has 78 valence electrons. The molecular weight excluding hydrogens is 200 g/mol. The third-order valence-electron chi connectivity index (χ3n) is 3.02. The van der Waals surface area contributed by atoms with Crippen LogP contribution in [-0.4, -0.2) is 29.3 Å². The summed E-state index contributed by atoms with van der Waals surface area (Å²) in [6.45, 7) is 0. The Kier molecular flexibility index (Phi) is 3.77. The van der Waals surface area contributed by atoms with Crippen molar-refractivity contribution in [3.63, 3.8) is 0 Å². The Bertz CT molecular complexity index is 253. The zero-order valence-electron chi connectivity index (χ0n) is 8.42. The van der Waals surface area contributed by atoms with Gasteiger partial charge >= 0.3 is 0 Å². The van der Waals surface area contributed by atoms with Gasteiger partial charge in [-0.15, -0.1) is 11.6 Å². The van der Waals surface area contributed by atoms with Gasteiger partial charge in [0.1, 0.15) is 11.4 Å². The second-order valence-electron chi connectivity index (χ2n) is 3.79. The molecule has 0 aromatic carbocycles. The van der Waals surface area contributed by atoms with Crippen LogP contribution in [0.2, 0.25) is 0 Å². The number of hydrogen-bond acceptors (Lipinski definition) is 2. The van der Waals surface area contributed by atoms with Crippen molar-refractivity contribution in [1.82, 2.24) is 4.90 Å². The molecule has 0 unspecified atom stereocenters. The first-order valence-corrected chi connectivity index (χ1v) is 5.43. The fourth-order valence-corrected chi connectivity index (χ4v) is 2.17. The molecule has 1 rings (SSSR count). The molecule has 0 heterocycles. The van der Waals surface area contributed by atoms with Crippen LogP contribution in [0.15, 0.2) is 0 Å². The molecule has 4 heteroatoms. The molecule has 3 nitrogen and oxygen atoms in total. The van der Waals surface area contributed by atoms with E-state index in [4.69, 9.17) is 16.9 Å². The molecule has 0 saturated heterocycles. The van der Waals surface area contributed by atoms with E-state index in [1.54, 1.807) is 7.05 Å². The zero-order chi connectivity index (χ0) is 10.6. The Balaban J connectivity index is 2.78. The van der Waals surface area contributed by atoms with Crippen molar-refractivity contribution >= 4 is 17.5 Å². The molecule has 1 saturated carbocycles. The summed E-state index contributed by atoms with van der Waals surface area (Å²) in [6, 6.07) is 2.28. The van der Waals surface area contributed by atoms with Gasteiger partial charge in [0, 0.05) is 7.05 Å². The van der Waals surface area contributed by atoms with E-state index >= 15 is 0 Å². The zero-order valence-corrected chi connectivity index (χ0v) is 9.18. The number of rotatable bonds is 2. The van der Waals surface area contributed by atoms with E-state index in [1.165, 1.54) is 4.90 Å². The second-order valence-corrected chi connectivity index (χ2v) is 4.06. The van der Waals surface area contributed by atoms with Crippen molar-refractivity contribution in [2.24, 2.45) is 0 Å². The van der Waals surface area contributed by atoms with Gasteiger partial charge < -0.3 is 4.90 Å². The van der Waals surface area contributed by atoms with Gasteiger partial charge in [-0.25, -0.2) is 0 Å². The first kappa shape index (κ1) is 11.3. The number of hydrogen-bond donors (Lipinski definition) is 0. The number of amides is 1. The Morgan fingerprint density at radius 2 is 2.07 bits per heavy atom. The first-order chi connectivity index (χ1) is 6.66. The van der Waals surface area contributed by atoms with Gasteiger partial charge in [-0.3, -0.25) is 4.79 Å². The van der Waals surface area contributed by atoms with Crippen LogP contribution in [0.1, 0.15) is 32.1 Å². The molecule has 14 heavy (non-hydrogen) atoms. The van der Waals surface area contributed by atoms with Crippen LogP contribution < -0.4 is 0 Å². The molecule has 0 aromatic rings. The molecule has 0 aromatic heterocycles. The average Bonchev–Trinajstić information content (AvgIpc) is 2.28. The van der Waals surface area contributed by atoms with Crippen LogP contribution in [0, 0.1) is 11.3 Å². The first-order valence-electron chi connectivity index (χ1n) is 4.90. The minimum atomic E-state index is -0.593. The van der Waals surface area contributed by atoms with Crippen molar-refractivity contribution in [3.05, 3.63) is 0 Å². The van der Waals surface area contributed by atoms with E-state index in [9.17, 15) is 4.79 Å². The normalized spacial score (nSPS) is 19.8. The van der Waals surface area contributed by atoms with Crippen LogP contribution in [0.3, 0.4) is 0 Å². The lowest BCUT2D eigenvalue weighted by Crippen LogP contribution is -2.50. The van der Waals surface area contributed by atoms with Crippen molar-refractivity contribution in [2.45, 2.75) is 37.6 Å². The van der Waals surface area contributed by atoms with E-state index in [0.717, 1.165) is 32.1 Å². The lowest BCUT2D eigenvalue weighted by Gasteiger charge is -2.38. The summed E-state index contributed by atoms with van der Waals surface area (Å²) in [4.78, 5) is 12.9. The summed E-state index contributed by atoms with van der Waals surface area (Å²) in [5, 5.41) is 9.17. The van der Waals surface area contributed by atoms with Gasteiger partial charge in [0.2, 0.25) is 5.91 Å². The quantitative estimate of drug-likeness (QED) is 0.660. The van der Waals surface area contributed by atoms with Crippen molar-refractivity contribution in [1.29, 1.82) is 5.26 Å². The number of carbonyl (C=O) groups is 1. The Labute approximate surface area is 89.6 Å². The SMILES string of the molecule is CN(C(=O)CCl)C1(C#N)CCCCC1. The van der Waals surface area contributed by atoms with E-state index in [2.05, 4.69) is 6.07 Å². The number of alkyl halides is 1. The van der Waals surface area contributed by atoms with Crippen molar-refractivity contribution in [3.8, 4) is 6.07 Å². The number of carbonyl (C=O) groups excluding carboxylic acids is 1. The lowest BCUT2D eigenvalue weighted by molar-refractivity contribution is -0.132. The van der Waals surface area contributed by atoms with Gasteiger partial charge in [-0.2, -0.15) is 5.26 Å². The van der Waals surface area contributed by atoms with E-state index in [0.29, 0.717) is 0 Å². The van der Waals surface area contributed by atoms with E-state index in [1.807, 2.05) is 0 Å².